The highest BCUT2D eigenvalue weighted by atomic mass is 35.5. The van der Waals surface area contributed by atoms with Crippen LogP contribution in [0.1, 0.15) is 57.3 Å². The molecule has 4 heteroatoms. The minimum atomic E-state index is -0.0972. The van der Waals surface area contributed by atoms with E-state index in [9.17, 15) is 4.79 Å². The molecule has 0 aliphatic heterocycles. The zero-order valence-corrected chi connectivity index (χ0v) is 12.9. The highest BCUT2D eigenvalue weighted by Crippen LogP contribution is 2.42. The van der Waals surface area contributed by atoms with E-state index >= 15 is 0 Å². The predicted octanol–water partition coefficient (Wildman–Crippen LogP) is 3.72. The number of rotatable bonds is 5. The van der Waals surface area contributed by atoms with Crippen molar-refractivity contribution in [3.8, 4) is 0 Å². The van der Waals surface area contributed by atoms with Crippen molar-refractivity contribution in [2.24, 2.45) is 12.5 Å². The smallest absolute Gasteiger partial charge is 0.144 e. The van der Waals surface area contributed by atoms with Crippen molar-refractivity contribution in [3.05, 3.63) is 16.4 Å². The normalized spacial score (nSPS) is 17.9. The van der Waals surface area contributed by atoms with E-state index in [0.717, 1.165) is 37.1 Å². The summed E-state index contributed by atoms with van der Waals surface area (Å²) in [4.78, 5) is 12.7. The summed E-state index contributed by atoms with van der Waals surface area (Å²) in [7, 11) is 1.88. The third-order valence-corrected chi connectivity index (χ3v) is 5.10. The molecule has 0 amide bonds. The van der Waals surface area contributed by atoms with Gasteiger partial charge in [-0.25, -0.2) is 0 Å². The predicted molar refractivity (Wildman–Crippen MR) is 77.5 cm³/mol. The second-order valence-corrected chi connectivity index (χ2v) is 6.00. The maximum Gasteiger partial charge on any atom is 0.144 e. The number of aryl methyl sites for hydroxylation is 2. The number of ketones is 1. The first-order valence-corrected chi connectivity index (χ1v) is 7.65. The third kappa shape index (κ3) is 2.58. The Labute approximate surface area is 120 Å². The van der Waals surface area contributed by atoms with E-state index in [1.54, 1.807) is 4.68 Å². The Hall–Kier alpha value is -0.830. The van der Waals surface area contributed by atoms with Gasteiger partial charge in [-0.3, -0.25) is 9.48 Å². The van der Waals surface area contributed by atoms with Crippen molar-refractivity contribution in [2.75, 3.05) is 0 Å². The summed E-state index contributed by atoms with van der Waals surface area (Å²) in [5.74, 6) is 0.347. The number of hydrogen-bond acceptors (Lipinski definition) is 2. The van der Waals surface area contributed by atoms with Crippen LogP contribution in [0.2, 0.25) is 5.02 Å². The van der Waals surface area contributed by atoms with Crippen LogP contribution in [-0.4, -0.2) is 15.6 Å². The number of halogens is 1. The highest BCUT2D eigenvalue weighted by Gasteiger charge is 2.39. The van der Waals surface area contributed by atoms with Crippen molar-refractivity contribution in [1.82, 2.24) is 9.78 Å². The number of carbonyl (C=O) groups is 1. The lowest BCUT2D eigenvalue weighted by atomic mass is 9.77. The molecule has 1 aromatic heterocycles. The lowest BCUT2D eigenvalue weighted by Crippen LogP contribution is -2.29. The van der Waals surface area contributed by atoms with Crippen LogP contribution in [0.15, 0.2) is 0 Å². The molecular weight excluding hydrogens is 260 g/mol. The molecule has 0 N–H and O–H groups in total. The average molecular weight is 283 g/mol. The molecule has 3 nitrogen and oxygen atoms in total. The van der Waals surface area contributed by atoms with Crippen molar-refractivity contribution >= 4 is 17.4 Å². The van der Waals surface area contributed by atoms with E-state index in [2.05, 4.69) is 12.0 Å². The van der Waals surface area contributed by atoms with Crippen molar-refractivity contribution in [2.45, 2.75) is 58.8 Å². The lowest BCUT2D eigenvalue weighted by Gasteiger charge is -2.25. The molecule has 1 aliphatic rings. The molecule has 1 heterocycles. The molecule has 1 aromatic rings. The molecule has 1 saturated carbocycles. The quantitative estimate of drug-likeness (QED) is 0.825. The topological polar surface area (TPSA) is 34.9 Å². The molecular formula is C15H23ClN2O. The van der Waals surface area contributed by atoms with Crippen LogP contribution in [0, 0.1) is 5.41 Å². The third-order valence-electron chi connectivity index (χ3n) is 4.66. The second kappa shape index (κ2) is 5.66. The van der Waals surface area contributed by atoms with Crippen LogP contribution in [0.5, 0.6) is 0 Å². The molecule has 0 radical (unpaired) electrons. The van der Waals surface area contributed by atoms with Crippen molar-refractivity contribution < 1.29 is 4.79 Å². The fourth-order valence-electron chi connectivity index (χ4n) is 3.23. The Morgan fingerprint density at radius 2 is 2.00 bits per heavy atom. The average Bonchev–Trinajstić information content (AvgIpc) is 2.99. The number of aromatic nitrogens is 2. The number of carbonyl (C=O) groups excluding carboxylic acids is 1. The summed E-state index contributed by atoms with van der Waals surface area (Å²) in [6, 6.07) is 0. The maximum absolute atomic E-state index is 12.7. The fraction of sp³-hybridized carbons (Fsp3) is 0.733. The summed E-state index contributed by atoms with van der Waals surface area (Å²) in [5, 5.41) is 5.07. The van der Waals surface area contributed by atoms with E-state index in [-0.39, 0.29) is 5.41 Å². The van der Waals surface area contributed by atoms with Crippen LogP contribution in [0.3, 0.4) is 0 Å². The van der Waals surface area contributed by atoms with Gasteiger partial charge in [-0.1, -0.05) is 38.3 Å². The minimum Gasteiger partial charge on any atom is -0.299 e. The first-order chi connectivity index (χ1) is 9.04. The number of Topliss-reactive ketones (excluding diaryl/α,β-unsaturated/α-hetero) is 1. The largest absolute Gasteiger partial charge is 0.299 e. The molecule has 0 unspecified atom stereocenters. The Morgan fingerprint density at radius 1 is 1.37 bits per heavy atom. The molecule has 1 aliphatic carbocycles. The SMILES string of the molecule is CCc1nn(C)c(CC(=O)C2(CC)CCCC2)c1Cl. The zero-order chi connectivity index (χ0) is 14.0. The van der Waals surface area contributed by atoms with Gasteiger partial charge < -0.3 is 0 Å². The van der Waals surface area contributed by atoms with Crippen LogP contribution >= 0.6 is 11.6 Å². The van der Waals surface area contributed by atoms with Crippen molar-refractivity contribution in [1.29, 1.82) is 0 Å². The summed E-state index contributed by atoms with van der Waals surface area (Å²) < 4.78 is 1.78. The summed E-state index contributed by atoms with van der Waals surface area (Å²) in [6.45, 7) is 4.16. The summed E-state index contributed by atoms with van der Waals surface area (Å²) in [5.41, 5.74) is 1.67. The van der Waals surface area contributed by atoms with Crippen LogP contribution in [0.25, 0.3) is 0 Å². The molecule has 1 fully saturated rings. The van der Waals surface area contributed by atoms with Gasteiger partial charge in [0.1, 0.15) is 5.78 Å². The molecule has 0 saturated heterocycles. The van der Waals surface area contributed by atoms with E-state index < -0.39 is 0 Å². The molecule has 0 bridgehead atoms. The van der Waals surface area contributed by atoms with Gasteiger partial charge in [0, 0.05) is 12.5 Å². The monoisotopic (exact) mass is 282 g/mol. The van der Waals surface area contributed by atoms with E-state index in [4.69, 9.17) is 11.6 Å². The van der Waals surface area contributed by atoms with Crippen molar-refractivity contribution in [3.63, 3.8) is 0 Å². The zero-order valence-electron chi connectivity index (χ0n) is 12.1. The molecule has 0 spiro atoms. The maximum atomic E-state index is 12.7. The van der Waals surface area contributed by atoms with E-state index in [1.807, 2.05) is 14.0 Å². The minimum absolute atomic E-state index is 0.0972. The second-order valence-electron chi connectivity index (χ2n) is 5.63. The first-order valence-electron chi connectivity index (χ1n) is 7.27. The molecule has 0 atom stereocenters. The van der Waals surface area contributed by atoms with Gasteiger partial charge in [0.15, 0.2) is 0 Å². The van der Waals surface area contributed by atoms with Gasteiger partial charge >= 0.3 is 0 Å². The Kier molecular flexibility index (Phi) is 4.34. The molecule has 0 aromatic carbocycles. The molecule has 19 heavy (non-hydrogen) atoms. The van der Waals surface area contributed by atoms with Crippen LogP contribution in [0.4, 0.5) is 0 Å². The Bertz CT molecular complexity index is 473. The van der Waals surface area contributed by atoms with Gasteiger partial charge in [0.25, 0.3) is 0 Å². The Morgan fingerprint density at radius 3 is 2.47 bits per heavy atom. The van der Waals surface area contributed by atoms with Crippen LogP contribution in [-0.2, 0) is 24.7 Å². The number of hydrogen-bond donors (Lipinski definition) is 0. The van der Waals surface area contributed by atoms with E-state index in [1.165, 1.54) is 12.8 Å². The Balaban J connectivity index is 2.21. The molecule has 2 rings (SSSR count). The highest BCUT2D eigenvalue weighted by molar-refractivity contribution is 6.32. The van der Waals surface area contributed by atoms with Gasteiger partial charge in [-0.15, -0.1) is 0 Å². The lowest BCUT2D eigenvalue weighted by molar-refractivity contribution is -0.128. The fourth-order valence-corrected chi connectivity index (χ4v) is 3.59. The van der Waals surface area contributed by atoms with Crippen LogP contribution < -0.4 is 0 Å². The summed E-state index contributed by atoms with van der Waals surface area (Å²) >= 11 is 6.33. The van der Waals surface area contributed by atoms with Gasteiger partial charge in [-0.05, 0) is 25.7 Å². The van der Waals surface area contributed by atoms with Gasteiger partial charge in [0.05, 0.1) is 22.8 Å². The van der Waals surface area contributed by atoms with E-state index in [0.29, 0.717) is 17.2 Å². The molecule has 106 valence electrons. The van der Waals surface area contributed by atoms with Gasteiger partial charge in [0.2, 0.25) is 0 Å². The summed E-state index contributed by atoms with van der Waals surface area (Å²) in [6.07, 6.45) is 6.62. The standard InChI is InChI=1S/C15H23ClN2O/c1-4-11-14(16)12(18(3)17-11)10-13(19)15(5-2)8-6-7-9-15/h4-10H2,1-3H3. The first kappa shape index (κ1) is 14.6. The number of nitrogens with zero attached hydrogens (tertiary/aromatic N) is 2. The van der Waals surface area contributed by atoms with Gasteiger partial charge in [-0.2, -0.15) is 5.10 Å².